The summed E-state index contributed by atoms with van der Waals surface area (Å²) < 4.78 is 28.3. The zero-order valence-electron chi connectivity index (χ0n) is 12.8. The van der Waals surface area contributed by atoms with Crippen molar-refractivity contribution in [2.45, 2.75) is 38.1 Å². The first-order valence-electron chi connectivity index (χ1n) is 6.51. The summed E-state index contributed by atoms with van der Waals surface area (Å²) in [5, 5.41) is 1.22. The highest BCUT2D eigenvalue weighted by Crippen LogP contribution is 2.29. The number of hydrogen-bond donors (Lipinski definition) is 0. The number of thioether (sulfide) groups is 1. The molecule has 0 unspecified atom stereocenters. The third-order valence-corrected chi connectivity index (χ3v) is 5.20. The van der Waals surface area contributed by atoms with Crippen molar-refractivity contribution >= 4 is 32.1 Å². The SMILES string of the molecule is Cc1ccc(S(=O)(=O)N=C2SC(=NC(C)(C)C)N2C)cc1. The fourth-order valence-corrected chi connectivity index (χ4v) is 3.75. The van der Waals surface area contributed by atoms with E-state index < -0.39 is 10.0 Å². The van der Waals surface area contributed by atoms with E-state index in [2.05, 4.69) is 9.39 Å². The highest BCUT2D eigenvalue weighted by molar-refractivity contribution is 8.29. The molecule has 0 atom stereocenters. The van der Waals surface area contributed by atoms with Crippen LogP contribution in [-0.4, -0.2) is 36.2 Å². The second-order valence-electron chi connectivity index (χ2n) is 5.89. The van der Waals surface area contributed by atoms with Crippen LogP contribution in [-0.2, 0) is 10.0 Å². The summed E-state index contributed by atoms with van der Waals surface area (Å²) in [6.07, 6.45) is 0. The normalized spacial score (nSPS) is 20.0. The van der Waals surface area contributed by atoms with E-state index in [-0.39, 0.29) is 10.4 Å². The first-order valence-corrected chi connectivity index (χ1v) is 8.77. The number of amidine groups is 2. The topological polar surface area (TPSA) is 62.1 Å². The van der Waals surface area contributed by atoms with Crippen molar-refractivity contribution in [3.05, 3.63) is 29.8 Å². The predicted octanol–water partition coefficient (Wildman–Crippen LogP) is 2.87. The number of hydrogen-bond acceptors (Lipinski definition) is 4. The van der Waals surface area contributed by atoms with Gasteiger partial charge in [-0.2, -0.15) is 8.42 Å². The van der Waals surface area contributed by atoms with Crippen LogP contribution < -0.4 is 0 Å². The van der Waals surface area contributed by atoms with Gasteiger partial charge in [-0.05, 0) is 51.6 Å². The monoisotopic (exact) mass is 325 g/mol. The Morgan fingerprint density at radius 3 is 2.14 bits per heavy atom. The average Bonchev–Trinajstić information content (AvgIpc) is 2.36. The molecular formula is C14H19N3O2S2. The largest absolute Gasteiger partial charge is 0.302 e. The number of benzene rings is 1. The van der Waals surface area contributed by atoms with Gasteiger partial charge in [-0.25, -0.2) is 0 Å². The number of aliphatic imine (C=N–C) groups is 1. The van der Waals surface area contributed by atoms with Crippen LogP contribution in [0.15, 0.2) is 38.6 Å². The Balaban J connectivity index is 2.22. The number of aryl methyl sites for hydroxylation is 1. The molecule has 1 aromatic rings. The van der Waals surface area contributed by atoms with E-state index in [4.69, 9.17) is 0 Å². The summed E-state index contributed by atoms with van der Waals surface area (Å²) in [5.74, 6) is 0. The van der Waals surface area contributed by atoms with Crippen molar-refractivity contribution in [3.63, 3.8) is 0 Å². The highest BCUT2D eigenvalue weighted by Gasteiger charge is 2.32. The highest BCUT2D eigenvalue weighted by atomic mass is 32.2. The predicted molar refractivity (Wildman–Crippen MR) is 88.3 cm³/mol. The zero-order valence-corrected chi connectivity index (χ0v) is 14.4. The van der Waals surface area contributed by atoms with Crippen LogP contribution in [0.5, 0.6) is 0 Å². The maximum absolute atomic E-state index is 12.2. The fourth-order valence-electron chi connectivity index (χ4n) is 1.59. The summed E-state index contributed by atoms with van der Waals surface area (Å²) >= 11 is 1.28. The summed E-state index contributed by atoms with van der Waals surface area (Å²) in [4.78, 5) is 6.39. The molecule has 114 valence electrons. The van der Waals surface area contributed by atoms with E-state index >= 15 is 0 Å². The molecule has 1 fully saturated rings. The molecule has 1 aromatic carbocycles. The molecule has 1 aliphatic rings. The van der Waals surface area contributed by atoms with Crippen molar-refractivity contribution in [2.24, 2.45) is 9.39 Å². The summed E-state index contributed by atoms with van der Waals surface area (Å²) in [5.41, 5.74) is 0.814. The molecule has 1 aliphatic heterocycles. The van der Waals surface area contributed by atoms with Gasteiger partial charge in [0.2, 0.25) is 0 Å². The third-order valence-electron chi connectivity index (χ3n) is 2.70. The lowest BCUT2D eigenvalue weighted by Gasteiger charge is -2.32. The lowest BCUT2D eigenvalue weighted by molar-refractivity contribution is 0.572. The van der Waals surface area contributed by atoms with Gasteiger partial charge < -0.3 is 4.90 Å². The molecule has 1 heterocycles. The lowest BCUT2D eigenvalue weighted by atomic mass is 10.1. The number of sulfonamides is 1. The molecule has 5 nitrogen and oxygen atoms in total. The van der Waals surface area contributed by atoms with Crippen molar-refractivity contribution < 1.29 is 8.42 Å². The van der Waals surface area contributed by atoms with Crippen LogP contribution in [0.1, 0.15) is 26.3 Å². The summed E-state index contributed by atoms with van der Waals surface area (Å²) in [6.45, 7) is 7.89. The Bertz CT molecular complexity index is 699. The minimum atomic E-state index is -3.67. The molecule has 21 heavy (non-hydrogen) atoms. The Labute approximate surface area is 130 Å². The van der Waals surface area contributed by atoms with Crippen molar-refractivity contribution in [1.29, 1.82) is 0 Å². The molecule has 0 saturated carbocycles. The van der Waals surface area contributed by atoms with Gasteiger partial charge in [0.25, 0.3) is 10.0 Å². The Morgan fingerprint density at radius 1 is 1.10 bits per heavy atom. The molecule has 0 spiro atoms. The quantitative estimate of drug-likeness (QED) is 0.839. The summed E-state index contributed by atoms with van der Waals surface area (Å²) in [6, 6.07) is 6.67. The van der Waals surface area contributed by atoms with Gasteiger partial charge in [-0.1, -0.05) is 17.7 Å². The van der Waals surface area contributed by atoms with E-state index in [1.807, 2.05) is 27.7 Å². The average molecular weight is 325 g/mol. The van der Waals surface area contributed by atoms with Crippen LogP contribution in [0.4, 0.5) is 0 Å². The molecule has 2 rings (SSSR count). The Morgan fingerprint density at radius 2 is 1.67 bits per heavy atom. The Kier molecular flexibility index (Phi) is 4.17. The fraction of sp³-hybridized carbons (Fsp3) is 0.429. The van der Waals surface area contributed by atoms with Gasteiger partial charge in [0.1, 0.15) is 0 Å². The van der Waals surface area contributed by atoms with Crippen LogP contribution >= 0.6 is 11.8 Å². The van der Waals surface area contributed by atoms with Crippen molar-refractivity contribution in [1.82, 2.24) is 4.90 Å². The lowest BCUT2D eigenvalue weighted by Crippen LogP contribution is -2.42. The second-order valence-corrected chi connectivity index (χ2v) is 8.43. The van der Waals surface area contributed by atoms with E-state index in [1.165, 1.54) is 11.8 Å². The molecule has 1 saturated heterocycles. The van der Waals surface area contributed by atoms with Crippen LogP contribution in [0, 0.1) is 6.92 Å². The Hall–Kier alpha value is -1.34. The smallest absolute Gasteiger partial charge is 0.284 e. The minimum Gasteiger partial charge on any atom is -0.302 e. The first kappa shape index (κ1) is 16.0. The van der Waals surface area contributed by atoms with E-state index in [1.54, 1.807) is 36.2 Å². The molecular weight excluding hydrogens is 306 g/mol. The van der Waals surface area contributed by atoms with Crippen LogP contribution in [0.3, 0.4) is 0 Å². The van der Waals surface area contributed by atoms with Gasteiger partial charge >= 0.3 is 0 Å². The zero-order chi connectivity index (χ0) is 15.8. The number of nitrogens with zero attached hydrogens (tertiary/aromatic N) is 3. The molecule has 0 N–H and O–H groups in total. The molecule has 7 heteroatoms. The van der Waals surface area contributed by atoms with Gasteiger partial charge in [0, 0.05) is 7.05 Å². The van der Waals surface area contributed by atoms with Gasteiger partial charge in [-0.15, -0.1) is 4.40 Å². The second kappa shape index (κ2) is 5.46. The van der Waals surface area contributed by atoms with E-state index in [9.17, 15) is 8.42 Å². The van der Waals surface area contributed by atoms with Gasteiger partial charge in [-0.3, -0.25) is 4.99 Å². The van der Waals surface area contributed by atoms with Gasteiger partial charge in [0.05, 0.1) is 10.4 Å². The van der Waals surface area contributed by atoms with Gasteiger partial charge in [0.15, 0.2) is 10.3 Å². The number of rotatable bonds is 2. The first-order chi connectivity index (χ1) is 9.58. The summed E-state index contributed by atoms with van der Waals surface area (Å²) in [7, 11) is -1.90. The maximum atomic E-state index is 12.2. The molecule has 0 amide bonds. The van der Waals surface area contributed by atoms with Crippen LogP contribution in [0.25, 0.3) is 0 Å². The van der Waals surface area contributed by atoms with E-state index in [0.29, 0.717) is 5.17 Å². The standard InChI is InChI=1S/C14H19N3O2S2/c1-10-6-8-11(9-7-10)21(18,19)16-13-17(5)12(20-13)15-14(2,3)4/h6-9H,1-5H3. The molecule has 0 bridgehead atoms. The molecule has 0 aliphatic carbocycles. The van der Waals surface area contributed by atoms with Crippen molar-refractivity contribution in [3.8, 4) is 0 Å². The molecule has 0 radical (unpaired) electrons. The third kappa shape index (κ3) is 3.85. The van der Waals surface area contributed by atoms with E-state index in [0.717, 1.165) is 10.7 Å². The minimum absolute atomic E-state index is 0.196. The molecule has 0 aromatic heterocycles. The van der Waals surface area contributed by atoms with Crippen molar-refractivity contribution in [2.75, 3.05) is 7.05 Å². The van der Waals surface area contributed by atoms with Crippen LogP contribution in [0.2, 0.25) is 0 Å². The maximum Gasteiger partial charge on any atom is 0.284 e.